The van der Waals surface area contributed by atoms with E-state index in [2.05, 4.69) is 16.0 Å². The highest BCUT2D eigenvalue weighted by Gasteiger charge is 2.31. The lowest BCUT2D eigenvalue weighted by atomic mass is 10.0. The van der Waals surface area contributed by atoms with Crippen molar-refractivity contribution in [3.63, 3.8) is 0 Å². The highest BCUT2D eigenvalue weighted by molar-refractivity contribution is 7.98. The number of nitrogens with one attached hydrogen (secondary N) is 3. The van der Waals surface area contributed by atoms with Gasteiger partial charge in [-0.1, -0.05) is 27.7 Å². The first-order valence-electron chi connectivity index (χ1n) is 10.4. The van der Waals surface area contributed by atoms with Crippen molar-refractivity contribution in [1.29, 1.82) is 0 Å². The summed E-state index contributed by atoms with van der Waals surface area (Å²) in [6, 6.07) is -4.62. The van der Waals surface area contributed by atoms with Gasteiger partial charge >= 0.3 is 11.9 Å². The number of thioether (sulfide) groups is 1. The van der Waals surface area contributed by atoms with Crippen LogP contribution >= 0.6 is 11.8 Å². The Labute approximate surface area is 192 Å². The van der Waals surface area contributed by atoms with E-state index in [1.54, 1.807) is 20.1 Å². The molecule has 3 amide bonds. The number of aliphatic carboxylic acids is 2. The molecule has 0 aromatic carbocycles. The van der Waals surface area contributed by atoms with Crippen LogP contribution in [0.1, 0.15) is 47.0 Å². The molecular formula is C20H36N4O7S. The number of hydrogen-bond donors (Lipinski definition) is 6. The van der Waals surface area contributed by atoms with E-state index in [0.717, 1.165) is 0 Å². The Morgan fingerprint density at radius 1 is 0.844 bits per heavy atom. The van der Waals surface area contributed by atoms with Crippen molar-refractivity contribution in [2.45, 2.75) is 71.1 Å². The van der Waals surface area contributed by atoms with Gasteiger partial charge in [-0.05, 0) is 36.7 Å². The van der Waals surface area contributed by atoms with E-state index in [4.69, 9.17) is 10.8 Å². The fourth-order valence-electron chi connectivity index (χ4n) is 2.70. The summed E-state index contributed by atoms with van der Waals surface area (Å²) in [5, 5.41) is 25.7. The number of carboxylic acids is 2. The minimum absolute atomic E-state index is 0.0102. The Bertz CT molecular complexity index is 672. The van der Waals surface area contributed by atoms with Crippen LogP contribution in [-0.4, -0.2) is 76.0 Å². The molecule has 0 fully saturated rings. The molecule has 0 bridgehead atoms. The standard InChI is InChI=1S/C20H36N4O7S/c1-10(2)8-14(20(30)31)24-17(27)12(6-7-32-5)22-18(28)13(9-15(25)26)23-19(29)16(21)11(3)4/h10-14,16H,6-9,21H2,1-5H3,(H,22,28)(H,23,29)(H,24,27)(H,25,26)(H,30,31). The van der Waals surface area contributed by atoms with Crippen LogP contribution in [0.4, 0.5) is 0 Å². The van der Waals surface area contributed by atoms with Crippen LogP contribution in [0.2, 0.25) is 0 Å². The number of rotatable bonds is 15. The molecule has 7 N–H and O–H groups in total. The van der Waals surface area contributed by atoms with Gasteiger partial charge in [0.25, 0.3) is 0 Å². The molecule has 12 heteroatoms. The van der Waals surface area contributed by atoms with Crippen molar-refractivity contribution >= 4 is 41.4 Å². The van der Waals surface area contributed by atoms with Crippen molar-refractivity contribution in [2.24, 2.45) is 17.6 Å². The highest BCUT2D eigenvalue weighted by Crippen LogP contribution is 2.08. The summed E-state index contributed by atoms with van der Waals surface area (Å²) in [5.74, 6) is -4.51. The van der Waals surface area contributed by atoms with Crippen molar-refractivity contribution in [3.8, 4) is 0 Å². The Morgan fingerprint density at radius 2 is 1.34 bits per heavy atom. The molecule has 32 heavy (non-hydrogen) atoms. The molecular weight excluding hydrogens is 440 g/mol. The summed E-state index contributed by atoms with van der Waals surface area (Å²) >= 11 is 1.42. The smallest absolute Gasteiger partial charge is 0.326 e. The van der Waals surface area contributed by atoms with Gasteiger partial charge in [-0.3, -0.25) is 19.2 Å². The molecule has 11 nitrogen and oxygen atoms in total. The average Bonchev–Trinajstić information content (AvgIpc) is 2.68. The van der Waals surface area contributed by atoms with Crippen molar-refractivity contribution < 1.29 is 34.2 Å². The SMILES string of the molecule is CSCCC(NC(=O)C(CC(=O)O)NC(=O)C(N)C(C)C)C(=O)NC(CC(C)C)C(=O)O. The van der Waals surface area contributed by atoms with E-state index < -0.39 is 60.2 Å². The summed E-state index contributed by atoms with van der Waals surface area (Å²) in [5.41, 5.74) is 5.76. The van der Waals surface area contributed by atoms with Gasteiger partial charge in [-0.15, -0.1) is 0 Å². The summed E-state index contributed by atoms with van der Waals surface area (Å²) in [4.78, 5) is 60.4. The zero-order chi connectivity index (χ0) is 25.0. The summed E-state index contributed by atoms with van der Waals surface area (Å²) in [6.07, 6.45) is 1.49. The van der Waals surface area contributed by atoms with Gasteiger partial charge in [-0.2, -0.15) is 11.8 Å². The molecule has 0 aromatic rings. The second kappa shape index (κ2) is 14.7. The number of amides is 3. The molecule has 0 saturated carbocycles. The first-order valence-corrected chi connectivity index (χ1v) is 11.8. The van der Waals surface area contributed by atoms with Gasteiger partial charge in [0.05, 0.1) is 12.5 Å². The predicted octanol–water partition coefficient (Wildman–Crippen LogP) is -0.217. The van der Waals surface area contributed by atoms with Gasteiger partial charge < -0.3 is 31.9 Å². The molecule has 0 rings (SSSR count). The minimum atomic E-state index is -1.44. The fourth-order valence-corrected chi connectivity index (χ4v) is 3.17. The van der Waals surface area contributed by atoms with Crippen LogP contribution in [0.5, 0.6) is 0 Å². The van der Waals surface area contributed by atoms with Crippen LogP contribution in [0.3, 0.4) is 0 Å². The van der Waals surface area contributed by atoms with E-state index >= 15 is 0 Å². The van der Waals surface area contributed by atoms with Gasteiger partial charge in [0, 0.05) is 0 Å². The van der Waals surface area contributed by atoms with E-state index in [-0.39, 0.29) is 24.7 Å². The Hall–Kier alpha value is -2.34. The first-order chi connectivity index (χ1) is 14.8. The number of carbonyl (C=O) groups excluding carboxylic acids is 3. The largest absolute Gasteiger partial charge is 0.481 e. The zero-order valence-electron chi connectivity index (χ0n) is 19.2. The second-order valence-electron chi connectivity index (χ2n) is 8.30. The van der Waals surface area contributed by atoms with Crippen LogP contribution in [-0.2, 0) is 24.0 Å². The molecule has 0 heterocycles. The van der Waals surface area contributed by atoms with Crippen molar-refractivity contribution in [1.82, 2.24) is 16.0 Å². The van der Waals surface area contributed by atoms with Crippen molar-refractivity contribution in [2.75, 3.05) is 12.0 Å². The third-order valence-electron chi connectivity index (χ3n) is 4.60. The minimum Gasteiger partial charge on any atom is -0.481 e. The van der Waals surface area contributed by atoms with E-state index in [1.807, 2.05) is 13.8 Å². The van der Waals surface area contributed by atoms with Crippen LogP contribution in [0.15, 0.2) is 0 Å². The third-order valence-corrected chi connectivity index (χ3v) is 5.24. The quantitative estimate of drug-likeness (QED) is 0.186. The third kappa shape index (κ3) is 11.3. The Balaban J connectivity index is 5.49. The molecule has 0 aliphatic rings. The maximum atomic E-state index is 12.7. The molecule has 0 aliphatic heterocycles. The van der Waals surface area contributed by atoms with Crippen LogP contribution < -0.4 is 21.7 Å². The lowest BCUT2D eigenvalue weighted by Crippen LogP contribution is -2.58. The van der Waals surface area contributed by atoms with Gasteiger partial charge in [-0.25, -0.2) is 4.79 Å². The molecule has 0 spiro atoms. The lowest BCUT2D eigenvalue weighted by Gasteiger charge is -2.25. The summed E-state index contributed by atoms with van der Waals surface area (Å²) in [6.45, 7) is 7.04. The first kappa shape index (κ1) is 29.7. The maximum Gasteiger partial charge on any atom is 0.326 e. The van der Waals surface area contributed by atoms with Gasteiger partial charge in [0.1, 0.15) is 18.1 Å². The molecule has 4 atom stereocenters. The summed E-state index contributed by atoms with van der Waals surface area (Å²) in [7, 11) is 0. The van der Waals surface area contributed by atoms with E-state index in [1.165, 1.54) is 11.8 Å². The number of carbonyl (C=O) groups is 5. The monoisotopic (exact) mass is 476 g/mol. The Morgan fingerprint density at radius 3 is 1.78 bits per heavy atom. The molecule has 0 aliphatic carbocycles. The topological polar surface area (TPSA) is 188 Å². The fraction of sp³-hybridized carbons (Fsp3) is 0.750. The molecule has 4 unspecified atom stereocenters. The number of carboxylic acid groups (broad SMARTS) is 2. The van der Waals surface area contributed by atoms with Crippen LogP contribution in [0.25, 0.3) is 0 Å². The Kier molecular flexibility index (Phi) is 13.6. The van der Waals surface area contributed by atoms with E-state index in [0.29, 0.717) is 5.75 Å². The van der Waals surface area contributed by atoms with Gasteiger partial charge in [0.15, 0.2) is 0 Å². The predicted molar refractivity (Wildman–Crippen MR) is 121 cm³/mol. The van der Waals surface area contributed by atoms with E-state index in [9.17, 15) is 29.1 Å². The number of nitrogens with two attached hydrogens (primary N) is 1. The highest BCUT2D eigenvalue weighted by atomic mass is 32.2. The van der Waals surface area contributed by atoms with Gasteiger partial charge in [0.2, 0.25) is 17.7 Å². The molecule has 184 valence electrons. The number of hydrogen-bond acceptors (Lipinski definition) is 7. The second-order valence-corrected chi connectivity index (χ2v) is 9.29. The van der Waals surface area contributed by atoms with Crippen LogP contribution in [0, 0.1) is 11.8 Å². The zero-order valence-corrected chi connectivity index (χ0v) is 20.0. The average molecular weight is 477 g/mol. The molecule has 0 aromatic heterocycles. The molecule has 0 saturated heterocycles. The normalized spacial score (nSPS) is 14.9. The lowest BCUT2D eigenvalue weighted by molar-refractivity contribution is -0.143. The summed E-state index contributed by atoms with van der Waals surface area (Å²) < 4.78 is 0. The molecule has 0 radical (unpaired) electrons. The van der Waals surface area contributed by atoms with Crippen molar-refractivity contribution in [3.05, 3.63) is 0 Å². The maximum absolute atomic E-state index is 12.7.